The summed E-state index contributed by atoms with van der Waals surface area (Å²) in [6.45, 7) is 5.02. The zero-order chi connectivity index (χ0) is 19.8. The fraction of sp³-hybridized carbons (Fsp3) is 0.333. The lowest BCUT2D eigenvalue weighted by atomic mass is 9.92. The van der Waals surface area contributed by atoms with Gasteiger partial charge in [0.2, 0.25) is 0 Å². The molecule has 1 aromatic carbocycles. The summed E-state index contributed by atoms with van der Waals surface area (Å²) in [6.07, 6.45) is 4.12. The molecule has 0 aliphatic carbocycles. The number of hydrogen-bond donors (Lipinski definition) is 0. The molecule has 3 aromatic heterocycles. The first kappa shape index (κ1) is 18.1. The van der Waals surface area contributed by atoms with E-state index in [1.165, 1.54) is 5.69 Å². The second kappa shape index (κ2) is 7.48. The lowest BCUT2D eigenvalue weighted by molar-refractivity contribution is 0.189. The Hall–Kier alpha value is -2.92. The summed E-state index contributed by atoms with van der Waals surface area (Å²) in [7, 11) is 2.06. The van der Waals surface area contributed by atoms with E-state index < -0.39 is 0 Å². The van der Waals surface area contributed by atoms with Crippen LogP contribution < -0.4 is 0 Å². The van der Waals surface area contributed by atoms with Gasteiger partial charge in [0.15, 0.2) is 0 Å². The highest BCUT2D eigenvalue weighted by Crippen LogP contribution is 2.33. The summed E-state index contributed by atoms with van der Waals surface area (Å²) in [6, 6.07) is 16.8. The minimum absolute atomic E-state index is 0.478. The van der Waals surface area contributed by atoms with Crippen LogP contribution in [-0.4, -0.2) is 32.5 Å². The number of imidazole rings is 1. The second-order valence-electron chi connectivity index (χ2n) is 8.05. The molecule has 0 amide bonds. The van der Waals surface area contributed by atoms with Crippen LogP contribution in [0.2, 0.25) is 0 Å². The third kappa shape index (κ3) is 3.58. The van der Waals surface area contributed by atoms with Gasteiger partial charge in [-0.1, -0.05) is 30.3 Å². The van der Waals surface area contributed by atoms with Crippen LogP contribution in [0.4, 0.5) is 0 Å². The summed E-state index contributed by atoms with van der Waals surface area (Å²) in [5, 5.41) is 0. The van der Waals surface area contributed by atoms with Crippen LogP contribution in [0.1, 0.15) is 36.0 Å². The van der Waals surface area contributed by atoms with Crippen molar-refractivity contribution in [1.29, 1.82) is 0 Å². The third-order valence-corrected chi connectivity index (χ3v) is 5.96. The summed E-state index contributed by atoms with van der Waals surface area (Å²) in [5.41, 5.74) is 5.44. The molecule has 0 radical (unpaired) electrons. The van der Waals surface area contributed by atoms with E-state index in [4.69, 9.17) is 9.40 Å². The van der Waals surface area contributed by atoms with Gasteiger partial charge < -0.3 is 8.98 Å². The number of likely N-dealkylation sites (tertiary alicyclic amines) is 1. The van der Waals surface area contributed by atoms with Gasteiger partial charge in [-0.2, -0.15) is 0 Å². The molecule has 29 heavy (non-hydrogen) atoms. The maximum absolute atomic E-state index is 5.75. The Kier molecular flexibility index (Phi) is 4.68. The Bertz CT molecular complexity index is 1120. The molecule has 1 aliphatic rings. The van der Waals surface area contributed by atoms with Crippen molar-refractivity contribution in [3.05, 3.63) is 72.1 Å². The fourth-order valence-electron chi connectivity index (χ4n) is 4.33. The zero-order valence-electron chi connectivity index (χ0n) is 17.0. The van der Waals surface area contributed by atoms with Gasteiger partial charge in [-0.05, 0) is 51.1 Å². The first-order chi connectivity index (χ1) is 14.2. The van der Waals surface area contributed by atoms with Gasteiger partial charge in [0.1, 0.15) is 17.0 Å². The molecule has 1 fully saturated rings. The van der Waals surface area contributed by atoms with E-state index in [1.807, 2.05) is 25.4 Å². The predicted molar refractivity (Wildman–Crippen MR) is 115 cm³/mol. The van der Waals surface area contributed by atoms with E-state index in [-0.39, 0.29) is 0 Å². The molecule has 0 spiro atoms. The van der Waals surface area contributed by atoms with Crippen molar-refractivity contribution < 1.29 is 4.42 Å². The minimum Gasteiger partial charge on any atom is -0.465 e. The number of aryl methyl sites for hydroxylation is 2. The summed E-state index contributed by atoms with van der Waals surface area (Å²) in [5.74, 6) is 2.52. The zero-order valence-corrected chi connectivity index (χ0v) is 17.0. The Labute approximate surface area is 171 Å². The van der Waals surface area contributed by atoms with E-state index >= 15 is 0 Å². The first-order valence-corrected chi connectivity index (χ1v) is 10.3. The maximum Gasteiger partial charge on any atom is 0.118 e. The number of benzene rings is 1. The van der Waals surface area contributed by atoms with E-state index in [1.54, 1.807) is 0 Å². The number of rotatable bonds is 4. The highest BCUT2D eigenvalue weighted by molar-refractivity contribution is 5.90. The molecule has 1 aliphatic heterocycles. The largest absolute Gasteiger partial charge is 0.465 e. The van der Waals surface area contributed by atoms with Crippen molar-refractivity contribution in [2.24, 2.45) is 7.05 Å². The van der Waals surface area contributed by atoms with Crippen LogP contribution in [0.5, 0.6) is 0 Å². The van der Waals surface area contributed by atoms with Crippen LogP contribution in [-0.2, 0) is 13.6 Å². The van der Waals surface area contributed by atoms with Gasteiger partial charge in [-0.15, -0.1) is 0 Å². The Morgan fingerprint density at radius 2 is 1.86 bits per heavy atom. The van der Waals surface area contributed by atoms with E-state index in [0.29, 0.717) is 5.92 Å². The highest BCUT2D eigenvalue weighted by atomic mass is 16.3. The van der Waals surface area contributed by atoms with Gasteiger partial charge >= 0.3 is 0 Å². The lowest BCUT2D eigenvalue weighted by Crippen LogP contribution is -2.32. The molecule has 1 saturated heterocycles. The Balaban J connectivity index is 1.40. The van der Waals surface area contributed by atoms with Crippen LogP contribution in [0.25, 0.3) is 22.3 Å². The van der Waals surface area contributed by atoms with E-state index in [2.05, 4.69) is 57.9 Å². The average molecular weight is 386 g/mol. The van der Waals surface area contributed by atoms with Crippen LogP contribution in [0, 0.1) is 6.92 Å². The molecule has 0 saturated carbocycles. The molecule has 148 valence electrons. The number of fused-ring (bicyclic) bond motifs is 1. The number of hydrogen-bond acceptors (Lipinski definition) is 4. The Morgan fingerprint density at radius 3 is 2.59 bits per heavy atom. The molecule has 0 N–H and O–H groups in total. The minimum atomic E-state index is 0.478. The fourth-order valence-corrected chi connectivity index (χ4v) is 4.33. The third-order valence-electron chi connectivity index (χ3n) is 5.96. The standard InChI is InChI=1S/C24H26N4O/c1-17-8-9-20(29-17)15-28-12-10-18(11-13-28)21-14-22-24(25-16-27(22)2)23(26-21)19-6-4-3-5-7-19/h3-9,14,16,18H,10-13,15H2,1-2H3. The molecule has 0 bridgehead atoms. The maximum atomic E-state index is 5.75. The van der Waals surface area contributed by atoms with Gasteiger partial charge in [-0.25, -0.2) is 4.98 Å². The molecule has 4 aromatic rings. The number of aromatic nitrogens is 3. The topological polar surface area (TPSA) is 47.1 Å². The molecule has 5 rings (SSSR count). The smallest absolute Gasteiger partial charge is 0.118 e. The molecule has 4 heterocycles. The molecular formula is C24H26N4O. The molecule has 0 unspecified atom stereocenters. The number of pyridine rings is 1. The van der Waals surface area contributed by atoms with Crippen molar-refractivity contribution in [3.63, 3.8) is 0 Å². The molecule has 5 nitrogen and oxygen atoms in total. The predicted octanol–water partition coefficient (Wildman–Crippen LogP) is 4.92. The van der Waals surface area contributed by atoms with Crippen molar-refractivity contribution in [2.45, 2.75) is 32.2 Å². The number of piperidine rings is 1. The van der Waals surface area contributed by atoms with Gasteiger partial charge in [0.05, 0.1) is 24.1 Å². The number of furan rings is 1. The normalized spacial score (nSPS) is 15.9. The SMILES string of the molecule is Cc1ccc(CN2CCC(c3cc4c(ncn4C)c(-c4ccccc4)n3)CC2)o1. The monoisotopic (exact) mass is 386 g/mol. The summed E-state index contributed by atoms with van der Waals surface area (Å²) < 4.78 is 7.85. The summed E-state index contributed by atoms with van der Waals surface area (Å²) in [4.78, 5) is 12.2. The van der Waals surface area contributed by atoms with Crippen molar-refractivity contribution >= 4 is 11.0 Å². The average Bonchev–Trinajstić information content (AvgIpc) is 3.34. The van der Waals surface area contributed by atoms with Crippen molar-refractivity contribution in [2.75, 3.05) is 13.1 Å². The van der Waals surface area contributed by atoms with Crippen molar-refractivity contribution in [3.8, 4) is 11.3 Å². The van der Waals surface area contributed by atoms with Gasteiger partial charge in [0.25, 0.3) is 0 Å². The quantitative estimate of drug-likeness (QED) is 0.500. The molecular weight excluding hydrogens is 360 g/mol. The first-order valence-electron chi connectivity index (χ1n) is 10.3. The van der Waals surface area contributed by atoms with E-state index in [0.717, 1.165) is 66.3 Å². The number of nitrogens with zero attached hydrogens (tertiary/aromatic N) is 4. The second-order valence-corrected chi connectivity index (χ2v) is 8.05. The van der Waals surface area contributed by atoms with Crippen LogP contribution in [0.3, 0.4) is 0 Å². The van der Waals surface area contributed by atoms with Crippen molar-refractivity contribution in [1.82, 2.24) is 19.4 Å². The van der Waals surface area contributed by atoms with E-state index in [9.17, 15) is 0 Å². The molecule has 5 heteroatoms. The molecule has 0 atom stereocenters. The van der Waals surface area contributed by atoms with Crippen LogP contribution in [0.15, 0.2) is 59.3 Å². The summed E-state index contributed by atoms with van der Waals surface area (Å²) >= 11 is 0. The van der Waals surface area contributed by atoms with Gasteiger partial charge in [0, 0.05) is 24.2 Å². The lowest BCUT2D eigenvalue weighted by Gasteiger charge is -2.31. The van der Waals surface area contributed by atoms with Gasteiger partial charge in [-0.3, -0.25) is 9.88 Å². The van der Waals surface area contributed by atoms with Crippen LogP contribution >= 0.6 is 0 Å². The Morgan fingerprint density at radius 1 is 1.07 bits per heavy atom. The highest BCUT2D eigenvalue weighted by Gasteiger charge is 2.24.